The van der Waals surface area contributed by atoms with E-state index >= 15 is 0 Å². The van der Waals surface area contributed by atoms with E-state index < -0.39 is 11.1 Å². The topological polar surface area (TPSA) is 76.4 Å². The Balaban J connectivity index is 1.46. The van der Waals surface area contributed by atoms with Gasteiger partial charge in [0.15, 0.2) is 5.65 Å². The first-order valence-corrected chi connectivity index (χ1v) is 11.5. The average molecular weight is 447 g/mol. The Hall–Kier alpha value is -3.80. The number of hydrogen-bond acceptors (Lipinski definition) is 4. The second-order valence-electron chi connectivity index (χ2n) is 9.65. The summed E-state index contributed by atoms with van der Waals surface area (Å²) in [5, 5.41) is 15.0. The number of benzene rings is 3. The number of fused-ring (bicyclic) bond motifs is 1. The summed E-state index contributed by atoms with van der Waals surface area (Å²) >= 11 is 0. The highest BCUT2D eigenvalue weighted by molar-refractivity contribution is 5.82. The van der Waals surface area contributed by atoms with Gasteiger partial charge in [0.2, 0.25) is 0 Å². The predicted octanol–water partition coefficient (Wildman–Crippen LogP) is 5.43. The van der Waals surface area contributed by atoms with E-state index in [9.17, 15) is 5.11 Å². The largest absolute Gasteiger partial charge is 0.390 e. The van der Waals surface area contributed by atoms with Crippen molar-refractivity contribution in [2.75, 3.05) is 0 Å². The van der Waals surface area contributed by atoms with Crippen molar-refractivity contribution in [3.8, 4) is 33.6 Å². The van der Waals surface area contributed by atoms with Gasteiger partial charge >= 0.3 is 0 Å². The Labute approximate surface area is 198 Å². The average Bonchev–Trinajstić information content (AvgIpc) is 3.26. The molecular weight excluding hydrogens is 420 g/mol. The second kappa shape index (κ2) is 7.62. The van der Waals surface area contributed by atoms with Gasteiger partial charge in [-0.25, -0.2) is 9.50 Å². The molecule has 0 unspecified atom stereocenters. The lowest BCUT2D eigenvalue weighted by Gasteiger charge is -2.49. The van der Waals surface area contributed by atoms with E-state index in [4.69, 9.17) is 15.8 Å². The van der Waals surface area contributed by atoms with Crippen LogP contribution in [0, 0.1) is 0 Å². The van der Waals surface area contributed by atoms with Crippen molar-refractivity contribution in [3.05, 3.63) is 103 Å². The van der Waals surface area contributed by atoms with Crippen LogP contribution in [0.2, 0.25) is 0 Å². The second-order valence-corrected chi connectivity index (χ2v) is 9.65. The summed E-state index contributed by atoms with van der Waals surface area (Å²) in [6.07, 6.45) is 3.19. The minimum Gasteiger partial charge on any atom is -0.390 e. The normalized spacial score (nSPS) is 22.0. The van der Waals surface area contributed by atoms with Crippen LogP contribution < -0.4 is 5.73 Å². The highest BCUT2D eigenvalue weighted by atomic mass is 16.3. The van der Waals surface area contributed by atoms with Gasteiger partial charge in [-0.3, -0.25) is 0 Å². The van der Waals surface area contributed by atoms with Gasteiger partial charge in [-0.2, -0.15) is 5.10 Å². The first-order valence-electron chi connectivity index (χ1n) is 11.5. The van der Waals surface area contributed by atoms with Gasteiger partial charge in [0, 0.05) is 34.5 Å². The van der Waals surface area contributed by atoms with Crippen molar-refractivity contribution in [1.82, 2.24) is 14.6 Å². The number of nitrogens with zero attached hydrogens (tertiary/aromatic N) is 3. The zero-order chi connectivity index (χ0) is 23.3. The van der Waals surface area contributed by atoms with Gasteiger partial charge in [0.25, 0.3) is 0 Å². The maximum absolute atomic E-state index is 10.2. The number of aromatic nitrogens is 3. The maximum atomic E-state index is 10.2. The van der Waals surface area contributed by atoms with Gasteiger partial charge in [0.1, 0.15) is 0 Å². The standard InChI is InChI=1S/C29H26N4O/c1-28(34)18-29(30,19-28)23-14-12-22(13-15-23)27-24(20-8-4-2-5-9-20)17-33-26(31-27)16-25(32-33)21-10-6-3-7-11-21/h2-17,34H,18-19,30H2,1H3/t28-,29-. The van der Waals surface area contributed by atoms with Crippen molar-refractivity contribution in [2.24, 2.45) is 5.73 Å². The summed E-state index contributed by atoms with van der Waals surface area (Å²) < 4.78 is 1.86. The molecule has 2 heterocycles. The zero-order valence-corrected chi connectivity index (χ0v) is 19.0. The fraction of sp³-hybridized carbons (Fsp3) is 0.172. The van der Waals surface area contributed by atoms with Gasteiger partial charge in [0.05, 0.1) is 17.0 Å². The monoisotopic (exact) mass is 446 g/mol. The molecule has 3 aromatic carbocycles. The molecule has 0 bridgehead atoms. The van der Waals surface area contributed by atoms with E-state index in [0.29, 0.717) is 12.8 Å². The molecule has 0 atom stereocenters. The molecule has 0 saturated heterocycles. The third kappa shape index (κ3) is 3.59. The molecule has 0 radical (unpaired) electrons. The summed E-state index contributed by atoms with van der Waals surface area (Å²) in [6, 6.07) is 30.7. The van der Waals surface area contributed by atoms with Crippen molar-refractivity contribution < 1.29 is 5.11 Å². The summed E-state index contributed by atoms with van der Waals surface area (Å²) in [5.74, 6) is 0. The Kier molecular flexibility index (Phi) is 4.66. The molecule has 168 valence electrons. The lowest BCUT2D eigenvalue weighted by atomic mass is 9.63. The van der Waals surface area contributed by atoms with Gasteiger partial charge in [-0.15, -0.1) is 0 Å². The van der Waals surface area contributed by atoms with Crippen LogP contribution >= 0.6 is 0 Å². The van der Waals surface area contributed by atoms with E-state index in [1.165, 1.54) is 0 Å². The molecule has 1 aliphatic carbocycles. The summed E-state index contributed by atoms with van der Waals surface area (Å²) in [7, 11) is 0. The lowest BCUT2D eigenvalue weighted by molar-refractivity contribution is -0.0738. The van der Waals surface area contributed by atoms with Crippen LogP contribution in [0.5, 0.6) is 0 Å². The highest BCUT2D eigenvalue weighted by Crippen LogP contribution is 2.46. The molecule has 2 aromatic heterocycles. The Morgan fingerprint density at radius 3 is 2.06 bits per heavy atom. The van der Waals surface area contributed by atoms with Crippen LogP contribution in [0.15, 0.2) is 97.2 Å². The van der Waals surface area contributed by atoms with Crippen LogP contribution in [0.3, 0.4) is 0 Å². The first-order chi connectivity index (χ1) is 16.4. The van der Waals surface area contributed by atoms with Crippen LogP contribution in [0.25, 0.3) is 39.3 Å². The van der Waals surface area contributed by atoms with E-state index in [1.807, 2.05) is 53.9 Å². The summed E-state index contributed by atoms with van der Waals surface area (Å²) in [5.41, 5.74) is 13.2. The van der Waals surface area contributed by atoms with Gasteiger partial charge in [-0.05, 0) is 30.9 Å². The van der Waals surface area contributed by atoms with Crippen LogP contribution in [-0.2, 0) is 5.54 Å². The summed E-state index contributed by atoms with van der Waals surface area (Å²) in [6.45, 7) is 1.84. The molecule has 1 saturated carbocycles. The smallest absolute Gasteiger partial charge is 0.156 e. The molecule has 34 heavy (non-hydrogen) atoms. The fourth-order valence-electron chi connectivity index (χ4n) is 5.19. The molecular formula is C29H26N4O. The SMILES string of the molecule is C[C@]1(O)C[C@@](N)(c2ccc(-c3nc4cc(-c5ccccc5)nn4cc3-c3ccccc3)cc2)C1. The number of rotatable bonds is 4. The van der Waals surface area contributed by atoms with Gasteiger partial charge < -0.3 is 10.8 Å². The fourth-order valence-corrected chi connectivity index (χ4v) is 5.19. The third-order valence-corrected chi connectivity index (χ3v) is 6.73. The molecule has 6 rings (SSSR count). The highest BCUT2D eigenvalue weighted by Gasteiger charge is 2.49. The van der Waals surface area contributed by atoms with E-state index in [1.54, 1.807) is 0 Å². The van der Waals surface area contributed by atoms with E-state index in [0.717, 1.165) is 44.9 Å². The van der Waals surface area contributed by atoms with Crippen LogP contribution in [-0.4, -0.2) is 25.3 Å². The van der Waals surface area contributed by atoms with Crippen molar-refractivity contribution in [1.29, 1.82) is 0 Å². The minimum absolute atomic E-state index is 0.474. The maximum Gasteiger partial charge on any atom is 0.156 e. The lowest BCUT2D eigenvalue weighted by Crippen LogP contribution is -2.58. The summed E-state index contributed by atoms with van der Waals surface area (Å²) in [4.78, 5) is 5.05. The van der Waals surface area contributed by atoms with Crippen molar-refractivity contribution >= 4 is 5.65 Å². The molecule has 5 aromatic rings. The number of aliphatic hydroxyl groups is 1. The third-order valence-electron chi connectivity index (χ3n) is 6.73. The zero-order valence-electron chi connectivity index (χ0n) is 19.0. The molecule has 1 aliphatic rings. The first kappa shape index (κ1) is 20.8. The molecule has 0 aliphatic heterocycles. The van der Waals surface area contributed by atoms with Gasteiger partial charge in [-0.1, -0.05) is 84.9 Å². The Morgan fingerprint density at radius 1 is 0.824 bits per heavy atom. The molecule has 0 amide bonds. The molecule has 1 fully saturated rings. The van der Waals surface area contributed by atoms with Crippen molar-refractivity contribution in [3.63, 3.8) is 0 Å². The van der Waals surface area contributed by atoms with Crippen LogP contribution in [0.1, 0.15) is 25.3 Å². The number of hydrogen-bond donors (Lipinski definition) is 2. The Bertz CT molecular complexity index is 1460. The minimum atomic E-state index is -0.682. The van der Waals surface area contributed by atoms with Crippen LogP contribution in [0.4, 0.5) is 0 Å². The molecule has 5 heteroatoms. The molecule has 5 nitrogen and oxygen atoms in total. The van der Waals surface area contributed by atoms with Crippen molar-refractivity contribution in [2.45, 2.75) is 30.9 Å². The van der Waals surface area contributed by atoms with E-state index in [2.05, 4.69) is 54.7 Å². The van der Waals surface area contributed by atoms with E-state index in [-0.39, 0.29) is 0 Å². The number of nitrogens with two attached hydrogens (primary N) is 1. The molecule has 3 N–H and O–H groups in total. The molecule has 0 spiro atoms. The predicted molar refractivity (Wildman–Crippen MR) is 135 cm³/mol. The quantitative estimate of drug-likeness (QED) is 0.386. The Morgan fingerprint density at radius 2 is 1.44 bits per heavy atom.